The summed E-state index contributed by atoms with van der Waals surface area (Å²) in [7, 11) is 0. The van der Waals surface area contributed by atoms with Crippen LogP contribution >= 0.6 is 34.9 Å². The van der Waals surface area contributed by atoms with Crippen LogP contribution < -0.4 is 0 Å². The Bertz CT molecular complexity index is 754. The summed E-state index contributed by atoms with van der Waals surface area (Å²) in [5, 5.41) is 16.6. The summed E-state index contributed by atoms with van der Waals surface area (Å²) >= 11 is 4.75. The minimum atomic E-state index is 0.0364. The number of aromatic nitrogens is 4. The van der Waals surface area contributed by atoms with Gasteiger partial charge in [-0.2, -0.15) is 0 Å². The van der Waals surface area contributed by atoms with Gasteiger partial charge < -0.3 is 4.42 Å². The van der Waals surface area contributed by atoms with Crippen molar-refractivity contribution in [1.29, 1.82) is 0 Å². The maximum atomic E-state index is 5.78. The predicted molar refractivity (Wildman–Crippen MR) is 90.4 cm³/mol. The van der Waals surface area contributed by atoms with Crippen LogP contribution in [0.5, 0.6) is 0 Å². The minimum Gasteiger partial charge on any atom is -0.419 e. The zero-order chi connectivity index (χ0) is 15.5. The molecule has 2 heterocycles. The summed E-state index contributed by atoms with van der Waals surface area (Å²) in [6.45, 7) is 4.07. The van der Waals surface area contributed by atoms with Crippen LogP contribution in [0.3, 0.4) is 0 Å². The molecule has 5 nitrogen and oxygen atoms in total. The maximum Gasteiger partial charge on any atom is 0.247 e. The van der Waals surface area contributed by atoms with Crippen LogP contribution in [0.25, 0.3) is 11.5 Å². The molecule has 0 radical (unpaired) electrons. The van der Waals surface area contributed by atoms with Gasteiger partial charge in [0.05, 0.1) is 5.25 Å². The number of aryl methyl sites for hydroxylation is 1. The van der Waals surface area contributed by atoms with Crippen molar-refractivity contribution in [2.24, 2.45) is 0 Å². The number of rotatable bonds is 5. The highest BCUT2D eigenvalue weighted by molar-refractivity contribution is 8.03. The van der Waals surface area contributed by atoms with Crippen molar-refractivity contribution in [2.45, 2.75) is 27.8 Å². The van der Waals surface area contributed by atoms with Crippen LogP contribution in [0.15, 0.2) is 37.4 Å². The molecule has 0 bridgehead atoms. The van der Waals surface area contributed by atoms with E-state index in [1.54, 1.807) is 34.9 Å². The van der Waals surface area contributed by atoms with Gasteiger partial charge in [0, 0.05) is 5.56 Å². The lowest BCUT2D eigenvalue weighted by atomic mass is 10.1. The fourth-order valence-electron chi connectivity index (χ4n) is 1.74. The average molecular weight is 350 g/mol. The monoisotopic (exact) mass is 350 g/mol. The van der Waals surface area contributed by atoms with E-state index in [-0.39, 0.29) is 5.25 Å². The molecule has 0 aliphatic heterocycles. The molecule has 2 aromatic heterocycles. The van der Waals surface area contributed by atoms with Gasteiger partial charge in [0.1, 0.15) is 0 Å². The second-order valence-corrected chi connectivity index (χ2v) is 8.23. The van der Waals surface area contributed by atoms with E-state index in [2.05, 4.69) is 20.4 Å². The van der Waals surface area contributed by atoms with Crippen LogP contribution in [0.2, 0.25) is 0 Å². The number of nitrogens with zero attached hydrogens (tertiary/aromatic N) is 4. The summed E-state index contributed by atoms with van der Waals surface area (Å²) in [5.74, 6) is 1.14. The predicted octanol–water partition coefficient (Wildman–Crippen LogP) is 4.47. The number of benzene rings is 1. The van der Waals surface area contributed by atoms with Crippen molar-refractivity contribution in [3.8, 4) is 11.5 Å². The zero-order valence-electron chi connectivity index (χ0n) is 12.3. The first-order valence-corrected chi connectivity index (χ1v) is 9.52. The third-order valence-electron chi connectivity index (χ3n) is 2.93. The third-order valence-corrected chi connectivity index (χ3v) is 6.00. The van der Waals surface area contributed by atoms with Crippen LogP contribution in [0.4, 0.5) is 0 Å². The Morgan fingerprint density at radius 3 is 2.45 bits per heavy atom. The van der Waals surface area contributed by atoms with Gasteiger partial charge in [0.15, 0.2) is 8.68 Å². The standard InChI is InChI=1S/C14H14N4OS3/c1-8-4-6-10(7-5-8)12-16-15-11(19-12)9(2)21-14-18-17-13(20-3)22-14/h4-7,9H,1-3H3. The van der Waals surface area contributed by atoms with Crippen molar-refractivity contribution >= 4 is 34.9 Å². The summed E-state index contributed by atoms with van der Waals surface area (Å²) in [5.41, 5.74) is 2.13. The quantitative estimate of drug-likeness (QED) is 0.629. The van der Waals surface area contributed by atoms with Gasteiger partial charge in [-0.05, 0) is 32.2 Å². The average Bonchev–Trinajstić information content (AvgIpc) is 3.17. The Morgan fingerprint density at radius 1 is 1.05 bits per heavy atom. The van der Waals surface area contributed by atoms with Crippen LogP contribution in [-0.4, -0.2) is 26.7 Å². The van der Waals surface area contributed by atoms with Crippen molar-refractivity contribution in [3.05, 3.63) is 35.7 Å². The molecule has 0 spiro atoms. The molecule has 0 aliphatic rings. The van der Waals surface area contributed by atoms with E-state index in [0.29, 0.717) is 11.8 Å². The lowest BCUT2D eigenvalue weighted by Crippen LogP contribution is -1.88. The molecule has 0 N–H and O–H groups in total. The number of hydrogen-bond acceptors (Lipinski definition) is 8. The molecule has 1 aromatic carbocycles. The van der Waals surface area contributed by atoms with Crippen LogP contribution in [-0.2, 0) is 0 Å². The highest BCUT2D eigenvalue weighted by Gasteiger charge is 2.18. The molecule has 3 aromatic rings. The van der Waals surface area contributed by atoms with Crippen molar-refractivity contribution in [1.82, 2.24) is 20.4 Å². The van der Waals surface area contributed by atoms with Gasteiger partial charge in [0.25, 0.3) is 0 Å². The van der Waals surface area contributed by atoms with E-state index in [4.69, 9.17) is 4.42 Å². The fourth-order valence-corrected chi connectivity index (χ4v) is 4.35. The van der Waals surface area contributed by atoms with E-state index < -0.39 is 0 Å². The van der Waals surface area contributed by atoms with Crippen molar-refractivity contribution in [3.63, 3.8) is 0 Å². The summed E-state index contributed by atoms with van der Waals surface area (Å²) < 4.78 is 7.65. The van der Waals surface area contributed by atoms with Gasteiger partial charge in [-0.1, -0.05) is 52.6 Å². The lowest BCUT2D eigenvalue weighted by molar-refractivity contribution is 0.509. The first-order chi connectivity index (χ1) is 10.7. The van der Waals surface area contributed by atoms with Gasteiger partial charge in [-0.15, -0.1) is 20.4 Å². The van der Waals surface area contributed by atoms with Crippen LogP contribution in [0.1, 0.15) is 23.6 Å². The van der Waals surface area contributed by atoms with Crippen molar-refractivity contribution < 1.29 is 4.42 Å². The van der Waals surface area contributed by atoms with Gasteiger partial charge in [-0.25, -0.2) is 0 Å². The molecule has 22 heavy (non-hydrogen) atoms. The summed E-state index contributed by atoms with van der Waals surface area (Å²) in [6, 6.07) is 8.03. The van der Waals surface area contributed by atoms with Gasteiger partial charge >= 0.3 is 0 Å². The first kappa shape index (κ1) is 15.5. The molecule has 3 rings (SSSR count). The van der Waals surface area contributed by atoms with Crippen LogP contribution in [0, 0.1) is 6.92 Å². The Hall–Kier alpha value is -1.38. The molecular weight excluding hydrogens is 336 g/mol. The Balaban J connectivity index is 1.73. The maximum absolute atomic E-state index is 5.78. The number of hydrogen-bond donors (Lipinski definition) is 0. The largest absolute Gasteiger partial charge is 0.419 e. The fraction of sp³-hybridized carbons (Fsp3) is 0.286. The molecule has 0 amide bonds. The molecule has 1 unspecified atom stereocenters. The second kappa shape index (κ2) is 6.80. The lowest BCUT2D eigenvalue weighted by Gasteiger charge is -2.02. The van der Waals surface area contributed by atoms with E-state index in [1.807, 2.05) is 44.4 Å². The molecule has 0 fully saturated rings. The van der Waals surface area contributed by atoms with E-state index in [9.17, 15) is 0 Å². The molecule has 8 heteroatoms. The molecule has 0 saturated heterocycles. The highest BCUT2D eigenvalue weighted by Crippen LogP contribution is 2.37. The molecule has 0 saturated carbocycles. The zero-order valence-corrected chi connectivity index (χ0v) is 14.8. The summed E-state index contributed by atoms with van der Waals surface area (Å²) in [6.07, 6.45) is 1.99. The smallest absolute Gasteiger partial charge is 0.247 e. The Labute approximate surface area is 141 Å². The van der Waals surface area contributed by atoms with E-state index >= 15 is 0 Å². The minimum absolute atomic E-state index is 0.0364. The first-order valence-electron chi connectivity index (χ1n) is 6.60. The van der Waals surface area contributed by atoms with E-state index in [1.165, 1.54) is 5.56 Å². The molecular formula is C14H14N4OS3. The number of thioether (sulfide) groups is 2. The SMILES string of the molecule is CSc1nnc(SC(C)c2nnc(-c3ccc(C)cc3)o2)s1. The van der Waals surface area contributed by atoms with Crippen molar-refractivity contribution in [2.75, 3.05) is 6.26 Å². The van der Waals surface area contributed by atoms with Gasteiger partial charge in [-0.3, -0.25) is 0 Å². The van der Waals surface area contributed by atoms with Gasteiger partial charge in [0.2, 0.25) is 11.8 Å². The highest BCUT2D eigenvalue weighted by atomic mass is 32.2. The Morgan fingerprint density at radius 2 is 1.77 bits per heavy atom. The molecule has 114 valence electrons. The third kappa shape index (κ3) is 3.50. The normalized spacial score (nSPS) is 12.5. The second-order valence-electron chi connectivity index (χ2n) is 4.61. The van der Waals surface area contributed by atoms with E-state index in [0.717, 1.165) is 14.2 Å². The molecule has 1 atom stereocenters. The molecule has 0 aliphatic carbocycles. The summed E-state index contributed by atoms with van der Waals surface area (Å²) in [4.78, 5) is 0. The Kier molecular flexibility index (Phi) is 4.80. The topological polar surface area (TPSA) is 64.7 Å².